The van der Waals surface area contributed by atoms with E-state index >= 15 is 0 Å². The minimum Gasteiger partial charge on any atom is -0.436 e. The van der Waals surface area contributed by atoms with E-state index in [0.29, 0.717) is 11.7 Å². The van der Waals surface area contributed by atoms with Gasteiger partial charge in [0, 0.05) is 0 Å². The molecule has 6 heteroatoms. The molecule has 0 N–H and O–H groups in total. The lowest BCUT2D eigenvalue weighted by molar-refractivity contribution is 0.456. The van der Waals surface area contributed by atoms with Crippen molar-refractivity contribution in [1.29, 1.82) is 0 Å². The van der Waals surface area contributed by atoms with Crippen LogP contribution in [-0.4, -0.2) is 15.2 Å². The van der Waals surface area contributed by atoms with Gasteiger partial charge in [0.2, 0.25) is 10.4 Å². The van der Waals surface area contributed by atoms with Crippen LogP contribution in [0.4, 0.5) is 0 Å². The Balaban J connectivity index is 2.28. The van der Waals surface area contributed by atoms with Crippen LogP contribution in [0.25, 0.3) is 0 Å². The summed E-state index contributed by atoms with van der Waals surface area (Å²) in [6.45, 7) is 4.21. The summed E-state index contributed by atoms with van der Waals surface area (Å²) in [6, 6.07) is 7.69. The molecule has 0 aliphatic carbocycles. The van der Waals surface area contributed by atoms with Crippen LogP contribution < -0.4 is 4.74 Å². The fourth-order valence-corrected chi connectivity index (χ4v) is 1.63. The normalized spacial score (nSPS) is 10.7. The van der Waals surface area contributed by atoms with E-state index in [9.17, 15) is 0 Å². The highest BCUT2D eigenvalue weighted by molar-refractivity contribution is 6.31. The molecule has 0 spiro atoms. The van der Waals surface area contributed by atoms with Crippen LogP contribution in [0.2, 0.25) is 10.4 Å². The molecule has 0 aliphatic rings. The van der Waals surface area contributed by atoms with E-state index in [1.54, 1.807) is 0 Å². The Labute approximate surface area is 115 Å². The molecule has 0 atom stereocenters. The molecule has 0 radical (unpaired) electrons. The Bertz CT molecular complexity index is 561. The molecule has 2 rings (SSSR count). The van der Waals surface area contributed by atoms with Crippen LogP contribution in [0, 0.1) is 0 Å². The van der Waals surface area contributed by atoms with E-state index < -0.39 is 0 Å². The Morgan fingerprint density at radius 2 is 1.94 bits per heavy atom. The van der Waals surface area contributed by atoms with Crippen LogP contribution in [0.5, 0.6) is 11.6 Å². The van der Waals surface area contributed by atoms with Crippen LogP contribution in [-0.2, 0) is 0 Å². The molecule has 0 aliphatic heterocycles. The van der Waals surface area contributed by atoms with Gasteiger partial charge >= 0.3 is 0 Å². The van der Waals surface area contributed by atoms with Gasteiger partial charge < -0.3 is 4.74 Å². The second kappa shape index (κ2) is 5.50. The molecule has 18 heavy (non-hydrogen) atoms. The lowest BCUT2D eigenvalue weighted by atomic mass is 10.0. The van der Waals surface area contributed by atoms with Crippen molar-refractivity contribution in [3.05, 3.63) is 40.3 Å². The van der Waals surface area contributed by atoms with E-state index in [1.807, 2.05) is 24.3 Å². The Hall–Kier alpha value is -1.39. The molecule has 0 unspecified atom stereocenters. The zero-order chi connectivity index (χ0) is 13.1. The Morgan fingerprint density at radius 3 is 2.67 bits per heavy atom. The van der Waals surface area contributed by atoms with Crippen molar-refractivity contribution in [2.45, 2.75) is 19.8 Å². The van der Waals surface area contributed by atoms with Crippen LogP contribution in [0.15, 0.2) is 24.3 Å². The zero-order valence-corrected chi connectivity index (χ0v) is 11.4. The maximum atomic E-state index is 5.83. The number of ether oxygens (including phenoxy) is 1. The van der Waals surface area contributed by atoms with Gasteiger partial charge in [-0.25, -0.2) is 0 Å². The highest BCUT2D eigenvalue weighted by Gasteiger charge is 2.09. The third-order valence-corrected chi connectivity index (χ3v) is 2.73. The summed E-state index contributed by atoms with van der Waals surface area (Å²) in [6.07, 6.45) is 0. The number of halogens is 2. The second-order valence-corrected chi connectivity index (χ2v) is 4.70. The van der Waals surface area contributed by atoms with Crippen molar-refractivity contribution in [3.8, 4) is 11.6 Å². The van der Waals surface area contributed by atoms with Crippen molar-refractivity contribution in [1.82, 2.24) is 15.2 Å². The van der Waals surface area contributed by atoms with E-state index in [0.717, 1.165) is 5.56 Å². The first kappa shape index (κ1) is 13.1. The van der Waals surface area contributed by atoms with Gasteiger partial charge in [-0.3, -0.25) is 0 Å². The molecule has 94 valence electrons. The summed E-state index contributed by atoms with van der Waals surface area (Å²) in [5.41, 5.74) is 1.16. The van der Waals surface area contributed by atoms with Gasteiger partial charge in [-0.1, -0.05) is 37.6 Å². The average molecular weight is 284 g/mol. The zero-order valence-electron chi connectivity index (χ0n) is 9.89. The topological polar surface area (TPSA) is 47.9 Å². The first-order valence-corrected chi connectivity index (χ1v) is 6.15. The number of nitrogens with zero attached hydrogens (tertiary/aromatic N) is 3. The molecule has 0 bridgehead atoms. The SMILES string of the molecule is CC(C)c1cccc(Oc2nc(Cl)nnc2Cl)c1. The van der Waals surface area contributed by atoms with Gasteiger partial charge in [-0.05, 0) is 35.2 Å². The average Bonchev–Trinajstić information content (AvgIpc) is 2.34. The number of hydrogen-bond acceptors (Lipinski definition) is 4. The van der Waals surface area contributed by atoms with Crippen molar-refractivity contribution in [2.75, 3.05) is 0 Å². The minimum atomic E-state index is -0.00517. The van der Waals surface area contributed by atoms with E-state index in [4.69, 9.17) is 27.9 Å². The van der Waals surface area contributed by atoms with Crippen LogP contribution >= 0.6 is 23.2 Å². The smallest absolute Gasteiger partial charge is 0.262 e. The van der Waals surface area contributed by atoms with Crippen molar-refractivity contribution in [2.24, 2.45) is 0 Å². The molecule has 1 aromatic carbocycles. The first-order chi connectivity index (χ1) is 8.56. The molecule has 1 aromatic heterocycles. The second-order valence-electron chi connectivity index (χ2n) is 4.01. The highest BCUT2D eigenvalue weighted by Crippen LogP contribution is 2.27. The summed E-state index contributed by atoms with van der Waals surface area (Å²) in [5.74, 6) is 1.20. The molecule has 4 nitrogen and oxygen atoms in total. The molecular weight excluding hydrogens is 273 g/mol. The largest absolute Gasteiger partial charge is 0.436 e. The van der Waals surface area contributed by atoms with Gasteiger partial charge in [0.05, 0.1) is 0 Å². The molecule has 2 aromatic rings. The van der Waals surface area contributed by atoms with Gasteiger partial charge in [-0.2, -0.15) is 4.98 Å². The number of aromatic nitrogens is 3. The van der Waals surface area contributed by atoms with E-state index in [2.05, 4.69) is 29.0 Å². The minimum absolute atomic E-state index is 0.00517. The van der Waals surface area contributed by atoms with Gasteiger partial charge in [0.1, 0.15) is 5.75 Å². The summed E-state index contributed by atoms with van der Waals surface area (Å²) >= 11 is 11.5. The van der Waals surface area contributed by atoms with Crippen molar-refractivity contribution in [3.63, 3.8) is 0 Å². The molecular formula is C12H11Cl2N3O. The quantitative estimate of drug-likeness (QED) is 0.851. The van der Waals surface area contributed by atoms with E-state index in [1.165, 1.54) is 0 Å². The molecule has 0 fully saturated rings. The van der Waals surface area contributed by atoms with Crippen molar-refractivity contribution < 1.29 is 4.74 Å². The number of benzene rings is 1. The lowest BCUT2D eigenvalue weighted by Crippen LogP contribution is -1.95. The summed E-state index contributed by atoms with van der Waals surface area (Å²) in [7, 11) is 0. The molecule has 0 amide bonds. The van der Waals surface area contributed by atoms with Gasteiger partial charge in [-0.15, -0.1) is 10.2 Å². The third kappa shape index (κ3) is 3.09. The number of hydrogen-bond donors (Lipinski definition) is 0. The molecule has 0 saturated heterocycles. The maximum Gasteiger partial charge on any atom is 0.262 e. The summed E-state index contributed by atoms with van der Waals surface area (Å²) in [5, 5.41) is 7.22. The Morgan fingerprint density at radius 1 is 1.17 bits per heavy atom. The first-order valence-electron chi connectivity index (χ1n) is 5.40. The van der Waals surface area contributed by atoms with Gasteiger partial charge in [0.25, 0.3) is 5.88 Å². The molecule has 1 heterocycles. The molecule has 0 saturated carbocycles. The maximum absolute atomic E-state index is 5.83. The summed E-state index contributed by atoms with van der Waals surface area (Å²) < 4.78 is 5.55. The summed E-state index contributed by atoms with van der Waals surface area (Å²) in [4.78, 5) is 3.88. The predicted octanol–water partition coefficient (Wildman–Crippen LogP) is 4.09. The van der Waals surface area contributed by atoms with Crippen molar-refractivity contribution >= 4 is 23.2 Å². The van der Waals surface area contributed by atoms with Crippen LogP contribution in [0.3, 0.4) is 0 Å². The predicted molar refractivity (Wildman–Crippen MR) is 70.5 cm³/mol. The third-order valence-electron chi connectivity index (χ3n) is 2.33. The van der Waals surface area contributed by atoms with Crippen LogP contribution in [0.1, 0.15) is 25.3 Å². The lowest BCUT2D eigenvalue weighted by Gasteiger charge is -2.09. The van der Waals surface area contributed by atoms with Gasteiger partial charge in [0.15, 0.2) is 0 Å². The Kier molecular flexibility index (Phi) is 3.99. The highest BCUT2D eigenvalue weighted by atomic mass is 35.5. The fourth-order valence-electron chi connectivity index (χ4n) is 1.39. The van der Waals surface area contributed by atoms with E-state index in [-0.39, 0.29) is 16.3 Å². The standard InChI is InChI=1S/C12H11Cl2N3O/c1-7(2)8-4-3-5-9(6-8)18-11-10(13)16-17-12(14)15-11/h3-7H,1-2H3. The fraction of sp³-hybridized carbons (Fsp3) is 0.250. The number of rotatable bonds is 3. The monoisotopic (exact) mass is 283 g/mol.